The molecular formula is C19H24O2. The smallest absolute Gasteiger partial charge is 0.119 e. The summed E-state index contributed by atoms with van der Waals surface area (Å²) < 4.78 is 5.75. The number of hydrogen-bond donors (Lipinski definition) is 1. The summed E-state index contributed by atoms with van der Waals surface area (Å²) in [7, 11) is 0. The Morgan fingerprint density at radius 1 is 0.857 bits per heavy atom. The molecule has 112 valence electrons. The van der Waals surface area contributed by atoms with Gasteiger partial charge in [0.25, 0.3) is 0 Å². The van der Waals surface area contributed by atoms with Crippen LogP contribution >= 0.6 is 0 Å². The second kappa shape index (κ2) is 6.31. The van der Waals surface area contributed by atoms with Crippen molar-refractivity contribution in [3.63, 3.8) is 0 Å². The highest BCUT2D eigenvalue weighted by Gasteiger charge is 2.14. The van der Waals surface area contributed by atoms with Crippen LogP contribution in [0.15, 0.2) is 30.3 Å². The Morgan fingerprint density at radius 3 is 2.05 bits per heavy atom. The van der Waals surface area contributed by atoms with E-state index >= 15 is 0 Å². The standard InChI is InChI=1S/C19H24O2/c1-12-8-15(4)19(16(5)9-12)18(20)11-21-17-7-6-13(2)14(3)10-17/h6-10,18,20H,11H2,1-5H3. The zero-order valence-corrected chi connectivity index (χ0v) is 13.5. The summed E-state index contributed by atoms with van der Waals surface area (Å²) in [5, 5.41) is 10.4. The van der Waals surface area contributed by atoms with Gasteiger partial charge in [-0.05, 0) is 74.6 Å². The molecule has 2 heteroatoms. The number of benzene rings is 2. The van der Waals surface area contributed by atoms with Gasteiger partial charge in [-0.1, -0.05) is 23.8 Å². The van der Waals surface area contributed by atoms with E-state index in [-0.39, 0.29) is 6.61 Å². The van der Waals surface area contributed by atoms with Crippen LogP contribution in [0.25, 0.3) is 0 Å². The molecule has 0 aliphatic carbocycles. The van der Waals surface area contributed by atoms with Gasteiger partial charge in [-0.15, -0.1) is 0 Å². The molecule has 2 aromatic rings. The molecule has 0 amide bonds. The minimum Gasteiger partial charge on any atom is -0.491 e. The Morgan fingerprint density at radius 2 is 1.48 bits per heavy atom. The van der Waals surface area contributed by atoms with Gasteiger partial charge in [-0.3, -0.25) is 0 Å². The lowest BCUT2D eigenvalue weighted by Crippen LogP contribution is -2.12. The van der Waals surface area contributed by atoms with Crippen LogP contribution in [0.2, 0.25) is 0 Å². The van der Waals surface area contributed by atoms with Gasteiger partial charge < -0.3 is 9.84 Å². The monoisotopic (exact) mass is 284 g/mol. The molecule has 1 atom stereocenters. The summed E-state index contributed by atoms with van der Waals surface area (Å²) in [5.41, 5.74) is 6.87. The first-order valence-corrected chi connectivity index (χ1v) is 7.34. The van der Waals surface area contributed by atoms with Crippen molar-refractivity contribution < 1.29 is 9.84 Å². The zero-order valence-electron chi connectivity index (χ0n) is 13.5. The molecule has 0 spiro atoms. The largest absolute Gasteiger partial charge is 0.491 e. The van der Waals surface area contributed by atoms with E-state index in [2.05, 4.69) is 32.9 Å². The maximum atomic E-state index is 10.4. The molecule has 1 N–H and O–H groups in total. The number of rotatable bonds is 4. The van der Waals surface area contributed by atoms with Crippen molar-refractivity contribution in [3.05, 3.63) is 63.7 Å². The van der Waals surface area contributed by atoms with Crippen LogP contribution in [0.5, 0.6) is 5.75 Å². The predicted octanol–water partition coefficient (Wildman–Crippen LogP) is 4.34. The molecule has 1 unspecified atom stereocenters. The van der Waals surface area contributed by atoms with Gasteiger partial charge in [0.1, 0.15) is 18.5 Å². The molecule has 0 bridgehead atoms. The van der Waals surface area contributed by atoms with Crippen LogP contribution < -0.4 is 4.74 Å². The molecule has 0 aromatic heterocycles. The third-order valence-corrected chi connectivity index (χ3v) is 3.96. The molecule has 2 aromatic carbocycles. The fourth-order valence-electron chi connectivity index (χ4n) is 2.78. The van der Waals surface area contributed by atoms with E-state index in [1.165, 1.54) is 16.7 Å². The highest BCUT2D eigenvalue weighted by Crippen LogP contribution is 2.25. The normalized spacial score (nSPS) is 12.3. The Balaban J connectivity index is 2.11. The molecule has 21 heavy (non-hydrogen) atoms. The van der Waals surface area contributed by atoms with E-state index in [4.69, 9.17) is 4.74 Å². The van der Waals surface area contributed by atoms with E-state index < -0.39 is 6.10 Å². The number of hydrogen-bond acceptors (Lipinski definition) is 2. The Hall–Kier alpha value is -1.80. The van der Waals surface area contributed by atoms with Gasteiger partial charge in [0.15, 0.2) is 0 Å². The zero-order chi connectivity index (χ0) is 15.6. The second-order valence-electron chi connectivity index (χ2n) is 5.89. The highest BCUT2D eigenvalue weighted by molar-refractivity contribution is 5.39. The maximum absolute atomic E-state index is 10.4. The summed E-state index contributed by atoms with van der Waals surface area (Å²) in [6.07, 6.45) is -0.604. The lowest BCUT2D eigenvalue weighted by atomic mass is 9.96. The molecule has 0 radical (unpaired) electrons. The summed E-state index contributed by atoms with van der Waals surface area (Å²) in [6, 6.07) is 10.2. The minimum atomic E-state index is -0.604. The second-order valence-corrected chi connectivity index (χ2v) is 5.89. The molecule has 0 saturated carbocycles. The first-order chi connectivity index (χ1) is 9.88. The van der Waals surface area contributed by atoms with Gasteiger partial charge >= 0.3 is 0 Å². The fourth-order valence-corrected chi connectivity index (χ4v) is 2.78. The van der Waals surface area contributed by atoms with Crippen LogP contribution in [0.1, 0.15) is 39.5 Å². The van der Waals surface area contributed by atoms with Crippen LogP contribution in [0, 0.1) is 34.6 Å². The lowest BCUT2D eigenvalue weighted by molar-refractivity contribution is 0.107. The molecule has 0 fully saturated rings. The molecule has 0 saturated heterocycles. The average molecular weight is 284 g/mol. The number of aliphatic hydroxyl groups is 1. The van der Waals surface area contributed by atoms with E-state index in [1.54, 1.807) is 0 Å². The van der Waals surface area contributed by atoms with E-state index in [9.17, 15) is 5.11 Å². The van der Waals surface area contributed by atoms with Gasteiger partial charge in [-0.25, -0.2) is 0 Å². The molecule has 0 aliphatic heterocycles. The Bertz CT molecular complexity index is 621. The molecule has 2 nitrogen and oxygen atoms in total. The first kappa shape index (κ1) is 15.6. The third-order valence-electron chi connectivity index (χ3n) is 3.96. The van der Waals surface area contributed by atoms with Gasteiger partial charge in [0.05, 0.1) is 0 Å². The van der Waals surface area contributed by atoms with Crippen LogP contribution in [0.4, 0.5) is 0 Å². The first-order valence-electron chi connectivity index (χ1n) is 7.34. The van der Waals surface area contributed by atoms with Crippen molar-refractivity contribution in [2.24, 2.45) is 0 Å². The van der Waals surface area contributed by atoms with Crippen molar-refractivity contribution >= 4 is 0 Å². The quantitative estimate of drug-likeness (QED) is 0.905. The Labute approximate surface area is 127 Å². The van der Waals surface area contributed by atoms with E-state index in [0.717, 1.165) is 22.4 Å². The van der Waals surface area contributed by atoms with Crippen LogP contribution in [0.3, 0.4) is 0 Å². The summed E-state index contributed by atoms with van der Waals surface area (Å²) in [5.74, 6) is 0.805. The molecular weight excluding hydrogens is 260 g/mol. The molecule has 2 rings (SSSR count). The van der Waals surface area contributed by atoms with Gasteiger partial charge in [-0.2, -0.15) is 0 Å². The molecule has 0 heterocycles. The van der Waals surface area contributed by atoms with Crippen molar-refractivity contribution in [2.75, 3.05) is 6.61 Å². The van der Waals surface area contributed by atoms with Crippen molar-refractivity contribution in [1.82, 2.24) is 0 Å². The third kappa shape index (κ3) is 3.64. The number of aryl methyl sites for hydroxylation is 5. The van der Waals surface area contributed by atoms with E-state index in [0.29, 0.717) is 0 Å². The highest BCUT2D eigenvalue weighted by atomic mass is 16.5. The SMILES string of the molecule is Cc1cc(C)c(C(O)COc2ccc(C)c(C)c2)c(C)c1. The fraction of sp³-hybridized carbons (Fsp3) is 0.368. The van der Waals surface area contributed by atoms with Crippen LogP contribution in [-0.4, -0.2) is 11.7 Å². The molecule has 0 aliphatic rings. The van der Waals surface area contributed by atoms with Crippen LogP contribution in [-0.2, 0) is 0 Å². The topological polar surface area (TPSA) is 29.5 Å². The van der Waals surface area contributed by atoms with E-state index in [1.807, 2.05) is 32.0 Å². The average Bonchev–Trinajstić information content (AvgIpc) is 2.39. The Kier molecular flexibility index (Phi) is 4.69. The van der Waals surface area contributed by atoms with Crippen molar-refractivity contribution in [2.45, 2.75) is 40.7 Å². The van der Waals surface area contributed by atoms with Crippen molar-refractivity contribution in [1.29, 1.82) is 0 Å². The maximum Gasteiger partial charge on any atom is 0.119 e. The summed E-state index contributed by atoms with van der Waals surface area (Å²) in [6.45, 7) is 10.6. The van der Waals surface area contributed by atoms with Gasteiger partial charge in [0, 0.05) is 0 Å². The summed E-state index contributed by atoms with van der Waals surface area (Å²) in [4.78, 5) is 0. The van der Waals surface area contributed by atoms with Gasteiger partial charge in [0.2, 0.25) is 0 Å². The number of aliphatic hydroxyl groups excluding tert-OH is 1. The predicted molar refractivity (Wildman–Crippen MR) is 87.0 cm³/mol. The number of ether oxygens (including phenoxy) is 1. The lowest BCUT2D eigenvalue weighted by Gasteiger charge is -2.18. The minimum absolute atomic E-state index is 0.271. The summed E-state index contributed by atoms with van der Waals surface area (Å²) >= 11 is 0. The van der Waals surface area contributed by atoms with Crippen molar-refractivity contribution in [3.8, 4) is 5.75 Å².